The van der Waals surface area contributed by atoms with E-state index in [1.54, 1.807) is 31.4 Å². The second-order valence-electron chi connectivity index (χ2n) is 8.87. The highest BCUT2D eigenvalue weighted by Crippen LogP contribution is 2.20. The highest BCUT2D eigenvalue weighted by molar-refractivity contribution is 5.93. The van der Waals surface area contributed by atoms with Gasteiger partial charge in [0.15, 0.2) is 0 Å². The van der Waals surface area contributed by atoms with Gasteiger partial charge in [-0.2, -0.15) is 0 Å². The number of nitrogens with two attached hydrogens (primary N) is 1. The van der Waals surface area contributed by atoms with Crippen LogP contribution < -0.4 is 16.7 Å². The molecule has 2 aromatic rings. The van der Waals surface area contributed by atoms with E-state index in [0.29, 0.717) is 37.3 Å². The van der Waals surface area contributed by atoms with Gasteiger partial charge in [0, 0.05) is 26.2 Å². The molecule has 164 valence electrons. The van der Waals surface area contributed by atoms with Crippen LogP contribution in [0, 0.1) is 12.3 Å². The number of morpholine rings is 1. The first-order chi connectivity index (χ1) is 14.1. The van der Waals surface area contributed by atoms with E-state index in [-0.39, 0.29) is 0 Å². The summed E-state index contributed by atoms with van der Waals surface area (Å²) in [6.45, 7) is 11.5. The lowest BCUT2D eigenvalue weighted by Gasteiger charge is -2.28. The molecule has 0 bridgehead atoms. The Balaban J connectivity index is 1.96. The fraction of sp³-hybridized carbons (Fsp3) is 0.571. The summed E-state index contributed by atoms with van der Waals surface area (Å²) in [4.78, 5) is 40.4. The molecule has 0 unspecified atom stereocenters. The van der Waals surface area contributed by atoms with Gasteiger partial charge in [-0.15, -0.1) is 0 Å². The molecule has 30 heavy (non-hydrogen) atoms. The number of aryl methyl sites for hydroxylation is 1. The molecule has 1 saturated heterocycles. The van der Waals surface area contributed by atoms with E-state index in [9.17, 15) is 14.4 Å². The lowest BCUT2D eigenvalue weighted by molar-refractivity contribution is -0.122. The Morgan fingerprint density at radius 1 is 1.17 bits per heavy atom. The minimum Gasteiger partial charge on any atom is -0.379 e. The zero-order valence-electron chi connectivity index (χ0n) is 18.1. The van der Waals surface area contributed by atoms with Crippen LogP contribution >= 0.6 is 0 Å². The van der Waals surface area contributed by atoms with Gasteiger partial charge in [0.25, 0.3) is 0 Å². The highest BCUT2D eigenvalue weighted by atomic mass is 16.5. The van der Waals surface area contributed by atoms with Gasteiger partial charge in [0.05, 0.1) is 24.2 Å². The quantitative estimate of drug-likeness (QED) is 0.751. The van der Waals surface area contributed by atoms with Crippen LogP contribution in [0.15, 0.2) is 23.0 Å². The number of carbonyl (C=O) groups excluding carboxylic acids is 2. The molecule has 1 aliphatic heterocycles. The van der Waals surface area contributed by atoms with E-state index in [0.717, 1.165) is 23.2 Å². The number of ether oxygens (including phenoxy) is 1. The van der Waals surface area contributed by atoms with Crippen molar-refractivity contribution in [3.63, 3.8) is 0 Å². The largest absolute Gasteiger partial charge is 0.379 e. The number of primary amides is 1. The smallest absolute Gasteiger partial charge is 0.337 e. The molecule has 1 aliphatic rings. The Labute approximate surface area is 175 Å². The van der Waals surface area contributed by atoms with Crippen LogP contribution in [-0.4, -0.2) is 64.9 Å². The lowest BCUT2D eigenvalue weighted by atomic mass is 9.86. The molecule has 0 radical (unpaired) electrons. The van der Waals surface area contributed by atoms with Gasteiger partial charge in [0.2, 0.25) is 5.91 Å². The minimum absolute atomic E-state index is 0.432. The molecule has 1 aromatic heterocycles. The van der Waals surface area contributed by atoms with Crippen molar-refractivity contribution in [1.29, 1.82) is 0 Å². The third-order valence-electron chi connectivity index (χ3n) is 5.45. The first-order valence-corrected chi connectivity index (χ1v) is 10.2. The maximum absolute atomic E-state index is 13.2. The summed E-state index contributed by atoms with van der Waals surface area (Å²) in [5.74, 6) is -0.643. The molecule has 1 atom stereocenters. The number of amides is 2. The summed E-state index contributed by atoms with van der Waals surface area (Å²) in [5.41, 5.74) is 6.66. The SMILES string of the molecule is Cc1ccc2c(c1)n(CCN1CCOCC1)c(=O)n2C(=O)N[C@H](C(N)=O)C(C)(C)C. The molecule has 0 saturated carbocycles. The van der Waals surface area contributed by atoms with Crippen LogP contribution in [-0.2, 0) is 16.1 Å². The molecule has 3 N–H and O–H groups in total. The average Bonchev–Trinajstić information content (AvgIpc) is 2.94. The predicted octanol–water partition coefficient (Wildman–Crippen LogP) is 0.901. The number of hydrogen-bond donors (Lipinski definition) is 2. The second-order valence-corrected chi connectivity index (χ2v) is 8.87. The Morgan fingerprint density at radius 2 is 1.83 bits per heavy atom. The zero-order valence-corrected chi connectivity index (χ0v) is 18.1. The number of imidazole rings is 1. The van der Waals surface area contributed by atoms with Crippen molar-refractivity contribution < 1.29 is 14.3 Å². The molecule has 9 heteroatoms. The molecule has 9 nitrogen and oxygen atoms in total. The van der Waals surface area contributed by atoms with E-state index in [2.05, 4.69) is 10.2 Å². The van der Waals surface area contributed by atoms with Crippen molar-refractivity contribution in [3.05, 3.63) is 34.2 Å². The summed E-state index contributed by atoms with van der Waals surface area (Å²) in [7, 11) is 0. The van der Waals surface area contributed by atoms with Gasteiger partial charge >= 0.3 is 11.7 Å². The Hall–Kier alpha value is -2.65. The van der Waals surface area contributed by atoms with Gasteiger partial charge in [-0.05, 0) is 30.0 Å². The van der Waals surface area contributed by atoms with Crippen molar-refractivity contribution in [3.8, 4) is 0 Å². The molecule has 3 rings (SSSR count). The van der Waals surface area contributed by atoms with Gasteiger partial charge < -0.3 is 15.8 Å². The molecular formula is C21H31N5O4. The standard InChI is InChI=1S/C21H31N5O4/c1-14-5-6-15-16(13-14)25(8-7-24-9-11-30-12-10-24)20(29)26(15)19(28)23-17(18(22)27)21(2,3)4/h5-6,13,17H,7-12H2,1-4H3,(H2,22,27)(H,23,28)/t17-/m1/s1. The number of carbonyl (C=O) groups is 2. The van der Waals surface area contributed by atoms with Crippen LogP contribution in [0.4, 0.5) is 4.79 Å². The summed E-state index contributed by atoms with van der Waals surface area (Å²) in [6.07, 6.45) is 0. The number of fused-ring (bicyclic) bond motifs is 1. The second kappa shape index (κ2) is 8.61. The van der Waals surface area contributed by atoms with E-state index >= 15 is 0 Å². The van der Waals surface area contributed by atoms with Gasteiger partial charge in [-0.3, -0.25) is 14.3 Å². The number of benzene rings is 1. The van der Waals surface area contributed by atoms with Crippen molar-refractivity contribution in [2.45, 2.75) is 40.3 Å². The number of hydrogen-bond acceptors (Lipinski definition) is 5. The first kappa shape index (κ1) is 22.0. The zero-order chi connectivity index (χ0) is 22.1. The fourth-order valence-corrected chi connectivity index (χ4v) is 3.75. The summed E-state index contributed by atoms with van der Waals surface area (Å²) >= 11 is 0. The Kier molecular flexibility index (Phi) is 6.33. The molecule has 2 amide bonds. The molecule has 1 fully saturated rings. The molecule has 1 aromatic carbocycles. The van der Waals surface area contributed by atoms with Crippen molar-refractivity contribution in [1.82, 2.24) is 19.4 Å². The van der Waals surface area contributed by atoms with Crippen LogP contribution in [0.25, 0.3) is 11.0 Å². The summed E-state index contributed by atoms with van der Waals surface area (Å²) in [6, 6.07) is 3.95. The maximum atomic E-state index is 13.2. The minimum atomic E-state index is -0.908. The lowest BCUT2D eigenvalue weighted by Crippen LogP contribution is -2.54. The number of rotatable bonds is 5. The number of nitrogens with one attached hydrogen (secondary N) is 1. The van der Waals surface area contributed by atoms with E-state index < -0.39 is 29.1 Å². The van der Waals surface area contributed by atoms with Crippen molar-refractivity contribution in [2.24, 2.45) is 11.1 Å². The Bertz CT molecular complexity index is 995. The van der Waals surface area contributed by atoms with Gasteiger partial charge in [-0.25, -0.2) is 14.2 Å². The normalized spacial score (nSPS) is 16.5. The van der Waals surface area contributed by atoms with E-state index in [1.807, 2.05) is 19.1 Å². The van der Waals surface area contributed by atoms with Gasteiger partial charge in [-0.1, -0.05) is 26.8 Å². The van der Waals surface area contributed by atoms with Gasteiger partial charge in [0.1, 0.15) is 6.04 Å². The Morgan fingerprint density at radius 3 is 2.43 bits per heavy atom. The average molecular weight is 418 g/mol. The predicted molar refractivity (Wildman–Crippen MR) is 115 cm³/mol. The summed E-state index contributed by atoms with van der Waals surface area (Å²) < 4.78 is 8.09. The number of nitrogens with zero attached hydrogens (tertiary/aromatic N) is 3. The van der Waals surface area contributed by atoms with Crippen molar-refractivity contribution in [2.75, 3.05) is 32.8 Å². The third kappa shape index (κ3) is 4.57. The van der Waals surface area contributed by atoms with Crippen LogP contribution in [0.3, 0.4) is 0 Å². The van der Waals surface area contributed by atoms with E-state index in [1.165, 1.54) is 0 Å². The van der Waals surface area contributed by atoms with Crippen molar-refractivity contribution >= 4 is 23.0 Å². The molecule has 0 aliphatic carbocycles. The highest BCUT2D eigenvalue weighted by Gasteiger charge is 2.32. The van der Waals surface area contributed by atoms with E-state index in [4.69, 9.17) is 10.5 Å². The maximum Gasteiger partial charge on any atom is 0.337 e. The monoisotopic (exact) mass is 417 g/mol. The molecule has 0 spiro atoms. The van der Waals surface area contributed by atoms with Crippen LogP contribution in [0.5, 0.6) is 0 Å². The third-order valence-corrected chi connectivity index (χ3v) is 5.45. The molecule has 2 heterocycles. The fourth-order valence-electron chi connectivity index (χ4n) is 3.75. The first-order valence-electron chi connectivity index (χ1n) is 10.2. The molecular weight excluding hydrogens is 386 g/mol. The van der Waals surface area contributed by atoms with Crippen LogP contribution in [0.1, 0.15) is 26.3 Å². The van der Waals surface area contributed by atoms with Crippen LogP contribution in [0.2, 0.25) is 0 Å². The topological polar surface area (TPSA) is 112 Å². The summed E-state index contributed by atoms with van der Waals surface area (Å²) in [5, 5.41) is 2.65. The number of aromatic nitrogens is 2.